The van der Waals surface area contributed by atoms with Crippen molar-refractivity contribution in [2.24, 2.45) is 4.99 Å². The van der Waals surface area contributed by atoms with Gasteiger partial charge in [0, 0.05) is 31.6 Å². The Morgan fingerprint density at radius 2 is 1.73 bits per heavy atom. The van der Waals surface area contributed by atoms with Crippen LogP contribution in [0.2, 0.25) is 0 Å². The maximum atomic E-state index is 5.47. The Labute approximate surface area is 182 Å². The van der Waals surface area contributed by atoms with Crippen molar-refractivity contribution in [1.82, 2.24) is 9.47 Å². The summed E-state index contributed by atoms with van der Waals surface area (Å²) in [5, 5.41) is 2.22. The number of nitrogens with zero attached hydrogens (tertiary/aromatic N) is 3. The summed E-state index contributed by atoms with van der Waals surface area (Å²) < 4.78 is 13.1. The highest BCUT2D eigenvalue weighted by Crippen LogP contribution is 2.22. The van der Waals surface area contributed by atoms with Crippen molar-refractivity contribution in [3.05, 3.63) is 64.3 Å². The lowest BCUT2D eigenvalue weighted by atomic mass is 10.1. The average molecular weight is 424 g/mol. The molecule has 0 spiro atoms. The lowest BCUT2D eigenvalue weighted by Gasteiger charge is -2.26. The van der Waals surface area contributed by atoms with E-state index in [0.717, 1.165) is 62.1 Å². The van der Waals surface area contributed by atoms with E-state index < -0.39 is 0 Å². The molecule has 0 unspecified atom stereocenters. The Morgan fingerprint density at radius 3 is 2.43 bits per heavy atom. The molecular weight excluding hydrogens is 394 g/mol. The number of rotatable bonds is 7. The highest BCUT2D eigenvalue weighted by molar-refractivity contribution is 7.07. The molecule has 0 atom stereocenters. The molecule has 5 nitrogen and oxygen atoms in total. The maximum Gasteiger partial charge on any atom is 0.190 e. The van der Waals surface area contributed by atoms with E-state index in [0.29, 0.717) is 0 Å². The van der Waals surface area contributed by atoms with Crippen molar-refractivity contribution in [2.75, 3.05) is 40.0 Å². The molecule has 0 bridgehead atoms. The summed E-state index contributed by atoms with van der Waals surface area (Å²) in [6.45, 7) is 7.90. The Balaban J connectivity index is 1.61. The Hall–Kier alpha value is -2.41. The SMILES string of the molecule is COc1ccc(N=c2scc(-c3ccc(C)cc3)n2CCCN2CCOCC2)cc1. The second-order valence-electron chi connectivity index (χ2n) is 7.54. The van der Waals surface area contributed by atoms with Crippen LogP contribution < -0.4 is 9.54 Å². The van der Waals surface area contributed by atoms with Crippen molar-refractivity contribution in [3.8, 4) is 17.0 Å². The van der Waals surface area contributed by atoms with E-state index >= 15 is 0 Å². The molecule has 3 aromatic rings. The third-order valence-electron chi connectivity index (χ3n) is 5.40. The van der Waals surface area contributed by atoms with Gasteiger partial charge in [0.05, 0.1) is 31.7 Å². The summed E-state index contributed by atoms with van der Waals surface area (Å²) >= 11 is 1.70. The van der Waals surface area contributed by atoms with Gasteiger partial charge in [-0.1, -0.05) is 29.8 Å². The molecule has 1 aromatic heterocycles. The van der Waals surface area contributed by atoms with Crippen LogP contribution in [0.5, 0.6) is 5.75 Å². The van der Waals surface area contributed by atoms with E-state index in [1.54, 1.807) is 18.4 Å². The summed E-state index contributed by atoms with van der Waals surface area (Å²) in [5.41, 5.74) is 4.68. The van der Waals surface area contributed by atoms with Crippen LogP contribution in [0.1, 0.15) is 12.0 Å². The maximum absolute atomic E-state index is 5.47. The van der Waals surface area contributed by atoms with Gasteiger partial charge in [-0.3, -0.25) is 4.90 Å². The Morgan fingerprint density at radius 1 is 1.00 bits per heavy atom. The lowest BCUT2D eigenvalue weighted by molar-refractivity contribution is 0.0369. The first-order valence-corrected chi connectivity index (χ1v) is 11.3. The number of thiazole rings is 1. The lowest BCUT2D eigenvalue weighted by Crippen LogP contribution is -2.37. The molecule has 1 aliphatic rings. The molecule has 2 heterocycles. The molecule has 6 heteroatoms. The highest BCUT2D eigenvalue weighted by Gasteiger charge is 2.12. The summed E-state index contributed by atoms with van der Waals surface area (Å²) in [6.07, 6.45) is 1.09. The van der Waals surface area contributed by atoms with Crippen LogP contribution >= 0.6 is 11.3 Å². The van der Waals surface area contributed by atoms with E-state index in [4.69, 9.17) is 14.5 Å². The first kappa shape index (κ1) is 20.8. The molecule has 0 aliphatic carbocycles. The molecule has 1 saturated heterocycles. The largest absolute Gasteiger partial charge is 0.497 e. The third kappa shape index (κ3) is 5.19. The molecular formula is C24H29N3O2S. The van der Waals surface area contributed by atoms with Crippen LogP contribution in [0.25, 0.3) is 11.3 Å². The van der Waals surface area contributed by atoms with Crippen LogP contribution in [0.3, 0.4) is 0 Å². The van der Waals surface area contributed by atoms with E-state index in [9.17, 15) is 0 Å². The minimum Gasteiger partial charge on any atom is -0.497 e. The van der Waals surface area contributed by atoms with Crippen LogP contribution in [0.15, 0.2) is 58.9 Å². The number of aromatic nitrogens is 1. The van der Waals surface area contributed by atoms with Crippen molar-refractivity contribution >= 4 is 17.0 Å². The molecule has 2 aromatic carbocycles. The standard InChI is InChI=1S/C24H29N3O2S/c1-19-4-6-20(7-5-19)23-18-30-24(25-21-8-10-22(28-2)11-9-21)27(23)13-3-12-26-14-16-29-17-15-26/h4-11,18H,3,12-17H2,1-2H3. The number of hydrogen-bond donors (Lipinski definition) is 0. The smallest absolute Gasteiger partial charge is 0.190 e. The molecule has 0 radical (unpaired) electrons. The Bertz CT molecular complexity index is 1000. The summed E-state index contributed by atoms with van der Waals surface area (Å²) in [4.78, 5) is 8.45. The quantitative estimate of drug-likeness (QED) is 0.562. The zero-order chi connectivity index (χ0) is 20.8. The molecule has 30 heavy (non-hydrogen) atoms. The minimum atomic E-state index is 0.845. The zero-order valence-corrected chi connectivity index (χ0v) is 18.5. The van der Waals surface area contributed by atoms with E-state index in [1.165, 1.54) is 16.8 Å². The van der Waals surface area contributed by atoms with Gasteiger partial charge in [0.15, 0.2) is 4.80 Å². The Kier molecular flexibility index (Phi) is 7.00. The summed E-state index contributed by atoms with van der Waals surface area (Å²) in [7, 11) is 1.68. The topological polar surface area (TPSA) is 39.0 Å². The van der Waals surface area contributed by atoms with Crippen molar-refractivity contribution in [2.45, 2.75) is 19.9 Å². The van der Waals surface area contributed by atoms with Crippen molar-refractivity contribution in [3.63, 3.8) is 0 Å². The predicted molar refractivity (Wildman–Crippen MR) is 123 cm³/mol. The van der Waals surface area contributed by atoms with Gasteiger partial charge >= 0.3 is 0 Å². The van der Waals surface area contributed by atoms with Gasteiger partial charge in [-0.2, -0.15) is 0 Å². The second-order valence-corrected chi connectivity index (χ2v) is 8.38. The van der Waals surface area contributed by atoms with Crippen LogP contribution in [-0.2, 0) is 11.3 Å². The molecule has 0 amide bonds. The molecule has 1 aliphatic heterocycles. The van der Waals surface area contributed by atoms with Crippen LogP contribution in [-0.4, -0.2) is 49.4 Å². The van der Waals surface area contributed by atoms with Gasteiger partial charge in [-0.15, -0.1) is 11.3 Å². The van der Waals surface area contributed by atoms with Crippen molar-refractivity contribution in [1.29, 1.82) is 0 Å². The highest BCUT2D eigenvalue weighted by atomic mass is 32.1. The fourth-order valence-electron chi connectivity index (χ4n) is 3.63. The monoisotopic (exact) mass is 423 g/mol. The fraction of sp³-hybridized carbons (Fsp3) is 0.375. The van der Waals surface area contributed by atoms with Gasteiger partial charge in [0.1, 0.15) is 5.75 Å². The number of ether oxygens (including phenoxy) is 2. The minimum absolute atomic E-state index is 0.845. The normalized spacial score (nSPS) is 15.5. The number of hydrogen-bond acceptors (Lipinski definition) is 5. The van der Waals surface area contributed by atoms with Gasteiger partial charge < -0.3 is 14.0 Å². The molecule has 0 N–H and O–H groups in total. The van der Waals surface area contributed by atoms with Gasteiger partial charge in [0.25, 0.3) is 0 Å². The predicted octanol–water partition coefficient (Wildman–Crippen LogP) is 4.49. The first-order chi connectivity index (χ1) is 14.7. The van der Waals surface area contributed by atoms with E-state index in [-0.39, 0.29) is 0 Å². The molecule has 0 saturated carbocycles. The molecule has 1 fully saturated rings. The molecule has 4 rings (SSSR count). The average Bonchev–Trinajstić information content (AvgIpc) is 3.18. The van der Waals surface area contributed by atoms with Gasteiger partial charge in [0.2, 0.25) is 0 Å². The number of methoxy groups -OCH3 is 1. The number of morpholine rings is 1. The van der Waals surface area contributed by atoms with Crippen LogP contribution in [0, 0.1) is 6.92 Å². The number of benzene rings is 2. The number of aryl methyl sites for hydroxylation is 1. The van der Waals surface area contributed by atoms with Crippen LogP contribution in [0.4, 0.5) is 5.69 Å². The summed E-state index contributed by atoms with van der Waals surface area (Å²) in [5.74, 6) is 0.846. The van der Waals surface area contributed by atoms with Gasteiger partial charge in [-0.25, -0.2) is 4.99 Å². The first-order valence-electron chi connectivity index (χ1n) is 10.5. The third-order valence-corrected chi connectivity index (χ3v) is 6.27. The van der Waals surface area contributed by atoms with Gasteiger partial charge in [-0.05, 0) is 43.2 Å². The fourth-order valence-corrected chi connectivity index (χ4v) is 4.59. The zero-order valence-electron chi connectivity index (χ0n) is 17.7. The summed E-state index contributed by atoms with van der Waals surface area (Å²) in [6, 6.07) is 16.7. The second kappa shape index (κ2) is 10.1. The van der Waals surface area contributed by atoms with E-state index in [1.807, 2.05) is 24.3 Å². The van der Waals surface area contributed by atoms with E-state index in [2.05, 4.69) is 46.0 Å². The van der Waals surface area contributed by atoms with Crippen molar-refractivity contribution < 1.29 is 9.47 Å². The molecule has 158 valence electrons.